The maximum absolute atomic E-state index is 11.4. The molecule has 5 nitrogen and oxygen atoms in total. The van der Waals surface area contributed by atoms with Crippen LogP contribution in [0.2, 0.25) is 0 Å². The summed E-state index contributed by atoms with van der Waals surface area (Å²) in [6.07, 6.45) is 2.73. The first kappa shape index (κ1) is 15.6. The highest BCUT2D eigenvalue weighted by molar-refractivity contribution is 5.90. The Labute approximate surface area is 138 Å². The summed E-state index contributed by atoms with van der Waals surface area (Å²) in [5.41, 5.74) is 1.54. The van der Waals surface area contributed by atoms with Gasteiger partial charge in [0.25, 0.3) is 0 Å². The number of nitrogens with zero attached hydrogens (tertiary/aromatic N) is 1. The highest BCUT2D eigenvalue weighted by atomic mass is 16.5. The predicted molar refractivity (Wildman–Crippen MR) is 88.3 cm³/mol. The number of benzene rings is 2. The molecule has 3 rings (SSSR count). The van der Waals surface area contributed by atoms with E-state index < -0.39 is 5.97 Å². The van der Waals surface area contributed by atoms with Gasteiger partial charge in [-0.05, 0) is 42.3 Å². The van der Waals surface area contributed by atoms with Crippen molar-refractivity contribution in [3.8, 4) is 11.8 Å². The summed E-state index contributed by atoms with van der Waals surface area (Å²) in [6.45, 7) is 0. The highest BCUT2D eigenvalue weighted by Crippen LogP contribution is 2.25. The molecule has 0 aliphatic heterocycles. The minimum atomic E-state index is -0.980. The van der Waals surface area contributed by atoms with Crippen LogP contribution in [0.15, 0.2) is 47.1 Å². The van der Waals surface area contributed by atoms with Crippen LogP contribution in [0.1, 0.15) is 27.2 Å². The van der Waals surface area contributed by atoms with E-state index in [1.165, 1.54) is 13.2 Å². The van der Waals surface area contributed by atoms with Gasteiger partial charge in [0, 0.05) is 17.2 Å². The van der Waals surface area contributed by atoms with Gasteiger partial charge in [-0.2, -0.15) is 5.26 Å². The molecule has 1 aromatic heterocycles. The van der Waals surface area contributed by atoms with Crippen LogP contribution >= 0.6 is 0 Å². The van der Waals surface area contributed by atoms with Crippen LogP contribution in [-0.4, -0.2) is 18.2 Å². The van der Waals surface area contributed by atoms with Gasteiger partial charge in [0.15, 0.2) is 0 Å². The van der Waals surface area contributed by atoms with Gasteiger partial charge in [0.2, 0.25) is 0 Å². The number of aryl methyl sites for hydroxylation is 2. The number of carboxylic acid groups (broad SMARTS) is 1. The Balaban J connectivity index is 1.86. The largest absolute Gasteiger partial charge is 0.497 e. The quantitative estimate of drug-likeness (QED) is 0.773. The van der Waals surface area contributed by atoms with Gasteiger partial charge in [-0.15, -0.1) is 0 Å². The van der Waals surface area contributed by atoms with Crippen LogP contribution in [0, 0.1) is 11.3 Å². The van der Waals surface area contributed by atoms with Crippen molar-refractivity contribution < 1.29 is 19.1 Å². The number of hydrogen-bond donors (Lipinski definition) is 1. The zero-order valence-electron chi connectivity index (χ0n) is 13.1. The van der Waals surface area contributed by atoms with Crippen molar-refractivity contribution in [2.45, 2.75) is 12.8 Å². The Bertz CT molecular complexity index is 950. The van der Waals surface area contributed by atoms with E-state index in [0.717, 1.165) is 22.1 Å². The molecule has 3 aromatic rings. The van der Waals surface area contributed by atoms with Crippen molar-refractivity contribution in [3.05, 3.63) is 65.1 Å². The molecule has 0 amide bonds. The number of aromatic carboxylic acids is 1. The van der Waals surface area contributed by atoms with Crippen molar-refractivity contribution in [1.82, 2.24) is 0 Å². The van der Waals surface area contributed by atoms with Crippen LogP contribution in [-0.2, 0) is 12.8 Å². The van der Waals surface area contributed by atoms with Crippen LogP contribution in [0.4, 0.5) is 0 Å². The molecule has 0 spiro atoms. The van der Waals surface area contributed by atoms with Gasteiger partial charge < -0.3 is 14.3 Å². The van der Waals surface area contributed by atoms with Crippen LogP contribution in [0.25, 0.3) is 10.8 Å². The number of methoxy groups -OCH3 is 1. The van der Waals surface area contributed by atoms with Crippen LogP contribution in [0.5, 0.6) is 5.75 Å². The van der Waals surface area contributed by atoms with E-state index in [2.05, 4.69) is 6.07 Å². The van der Waals surface area contributed by atoms with Crippen molar-refractivity contribution in [3.63, 3.8) is 0 Å². The van der Waals surface area contributed by atoms with Crippen molar-refractivity contribution in [1.29, 1.82) is 5.26 Å². The van der Waals surface area contributed by atoms with Gasteiger partial charge in [-0.25, -0.2) is 4.79 Å². The first-order valence-corrected chi connectivity index (χ1v) is 7.43. The second-order valence-electron chi connectivity index (χ2n) is 5.40. The first-order chi connectivity index (χ1) is 11.6. The van der Waals surface area contributed by atoms with E-state index in [9.17, 15) is 9.90 Å². The minimum Gasteiger partial charge on any atom is -0.497 e. The minimum absolute atomic E-state index is 0.233. The van der Waals surface area contributed by atoms with Crippen LogP contribution < -0.4 is 4.74 Å². The first-order valence-electron chi connectivity index (χ1n) is 7.43. The van der Waals surface area contributed by atoms with Crippen molar-refractivity contribution in [2.75, 3.05) is 7.11 Å². The lowest BCUT2D eigenvalue weighted by atomic mass is 10.0. The number of ether oxygens (including phenoxy) is 1. The number of furan rings is 1. The third-order valence-corrected chi connectivity index (χ3v) is 3.98. The zero-order chi connectivity index (χ0) is 17.1. The fraction of sp³-hybridized carbons (Fsp3) is 0.158. The summed E-state index contributed by atoms with van der Waals surface area (Å²) >= 11 is 0. The Morgan fingerprint density at radius 3 is 2.79 bits per heavy atom. The Morgan fingerprint density at radius 2 is 2.08 bits per heavy atom. The third-order valence-electron chi connectivity index (χ3n) is 3.98. The second kappa shape index (κ2) is 6.47. The number of nitriles is 1. The van der Waals surface area contributed by atoms with Gasteiger partial charge in [-0.1, -0.05) is 6.07 Å². The Hall–Kier alpha value is -3.26. The molecule has 0 unspecified atom stereocenters. The molecule has 5 heteroatoms. The highest BCUT2D eigenvalue weighted by Gasteiger charge is 2.13. The molecule has 0 aliphatic rings. The summed E-state index contributed by atoms with van der Waals surface area (Å²) in [6, 6.07) is 12.5. The molecule has 0 bridgehead atoms. The maximum atomic E-state index is 11.4. The smallest absolute Gasteiger partial charge is 0.336 e. The standard InChI is InChI=1S/C19H15NO4/c1-23-15-5-3-13(17(9-15)19(21)22)4-7-18-16-6-2-12(10-20)8-14(16)11-24-18/h2-3,5-6,8-9,11H,4,7H2,1H3,(H,21,22). The molecule has 0 radical (unpaired) electrons. The second-order valence-corrected chi connectivity index (χ2v) is 5.40. The summed E-state index contributed by atoms with van der Waals surface area (Å²) in [7, 11) is 1.51. The molecule has 24 heavy (non-hydrogen) atoms. The molecule has 0 saturated carbocycles. The Morgan fingerprint density at radius 1 is 1.25 bits per heavy atom. The van der Waals surface area contributed by atoms with E-state index in [4.69, 9.17) is 14.4 Å². The number of hydrogen-bond acceptors (Lipinski definition) is 4. The average Bonchev–Trinajstić information content (AvgIpc) is 3.01. The average molecular weight is 321 g/mol. The Kier molecular flexibility index (Phi) is 4.21. The monoisotopic (exact) mass is 321 g/mol. The zero-order valence-corrected chi connectivity index (χ0v) is 13.1. The van der Waals surface area contributed by atoms with Gasteiger partial charge in [0.05, 0.1) is 30.6 Å². The molecule has 0 saturated heterocycles. The SMILES string of the molecule is COc1ccc(CCc2occ3cc(C#N)ccc23)c(C(=O)O)c1. The molecule has 1 heterocycles. The van der Waals surface area contributed by atoms with Gasteiger partial charge >= 0.3 is 5.97 Å². The predicted octanol–water partition coefficient (Wildman–Crippen LogP) is 3.80. The van der Waals surface area contributed by atoms with Crippen molar-refractivity contribution >= 4 is 16.7 Å². The number of fused-ring (bicyclic) bond motifs is 1. The molecule has 1 N–H and O–H groups in total. The summed E-state index contributed by atoms with van der Waals surface area (Å²) in [5, 5.41) is 20.1. The molecule has 0 fully saturated rings. The normalized spacial score (nSPS) is 10.5. The molecular weight excluding hydrogens is 306 g/mol. The summed E-state index contributed by atoms with van der Waals surface area (Å²) < 4.78 is 10.7. The van der Waals surface area contributed by atoms with Crippen molar-refractivity contribution in [2.24, 2.45) is 0 Å². The summed E-state index contributed by atoms with van der Waals surface area (Å²) in [5.74, 6) is 0.317. The number of carboxylic acids is 1. The lowest BCUT2D eigenvalue weighted by Gasteiger charge is -2.08. The molecule has 0 atom stereocenters. The van der Waals surface area contributed by atoms with E-state index in [1.807, 2.05) is 6.07 Å². The maximum Gasteiger partial charge on any atom is 0.336 e. The topological polar surface area (TPSA) is 83.5 Å². The van der Waals surface area contributed by atoms with Gasteiger partial charge in [-0.3, -0.25) is 0 Å². The van der Waals surface area contributed by atoms with E-state index in [0.29, 0.717) is 24.2 Å². The molecular formula is C19H15NO4. The molecule has 0 aliphatic carbocycles. The molecule has 2 aromatic carbocycles. The third kappa shape index (κ3) is 2.95. The summed E-state index contributed by atoms with van der Waals surface area (Å²) in [4.78, 5) is 11.4. The fourth-order valence-electron chi connectivity index (χ4n) is 2.72. The van der Waals surface area contributed by atoms with E-state index in [-0.39, 0.29) is 5.56 Å². The van der Waals surface area contributed by atoms with Gasteiger partial charge in [0.1, 0.15) is 11.5 Å². The number of carbonyl (C=O) groups is 1. The van der Waals surface area contributed by atoms with E-state index >= 15 is 0 Å². The van der Waals surface area contributed by atoms with E-state index in [1.54, 1.807) is 30.5 Å². The van der Waals surface area contributed by atoms with Crippen LogP contribution in [0.3, 0.4) is 0 Å². The number of rotatable bonds is 5. The lowest BCUT2D eigenvalue weighted by molar-refractivity contribution is 0.0695. The fourth-order valence-corrected chi connectivity index (χ4v) is 2.72. The lowest BCUT2D eigenvalue weighted by Crippen LogP contribution is -2.04. The molecule has 120 valence electrons.